The lowest BCUT2D eigenvalue weighted by molar-refractivity contribution is -0.144. The number of rotatable bonds is 3. The van der Waals surface area contributed by atoms with Crippen molar-refractivity contribution in [1.29, 1.82) is 0 Å². The second kappa shape index (κ2) is 6.16. The molecule has 1 unspecified atom stereocenters. The molecule has 4 nitrogen and oxygen atoms in total. The molecule has 0 bridgehead atoms. The summed E-state index contributed by atoms with van der Waals surface area (Å²) in [5.41, 5.74) is 1.79. The maximum absolute atomic E-state index is 11.5. The highest BCUT2D eigenvalue weighted by molar-refractivity contribution is 5.69. The van der Waals surface area contributed by atoms with Crippen LogP contribution < -0.4 is 0 Å². The number of carboxylic acid groups (broad SMARTS) is 1. The highest BCUT2D eigenvalue weighted by atomic mass is 16.5. The second-order valence-corrected chi connectivity index (χ2v) is 6.15. The molecule has 0 saturated carbocycles. The average Bonchev–Trinajstić information content (AvgIpc) is 2.76. The van der Waals surface area contributed by atoms with E-state index in [0.717, 1.165) is 37.1 Å². The number of carboxylic acids is 1. The molecule has 1 saturated heterocycles. The molecule has 114 valence electrons. The summed E-state index contributed by atoms with van der Waals surface area (Å²) in [5, 5.41) is 9.48. The molecule has 0 amide bonds. The van der Waals surface area contributed by atoms with E-state index in [4.69, 9.17) is 4.74 Å². The minimum Gasteiger partial charge on any atom is -0.481 e. The van der Waals surface area contributed by atoms with Gasteiger partial charge in [-0.3, -0.25) is 9.69 Å². The summed E-state index contributed by atoms with van der Waals surface area (Å²) in [4.78, 5) is 13.9. The maximum atomic E-state index is 11.5. The summed E-state index contributed by atoms with van der Waals surface area (Å²) in [5.74, 6) is -0.750. The van der Waals surface area contributed by atoms with Gasteiger partial charge in [-0.1, -0.05) is 37.1 Å². The van der Waals surface area contributed by atoms with Crippen LogP contribution in [0.1, 0.15) is 43.2 Å². The van der Waals surface area contributed by atoms with Gasteiger partial charge in [0.2, 0.25) is 0 Å². The first-order chi connectivity index (χ1) is 10.2. The van der Waals surface area contributed by atoms with Crippen molar-refractivity contribution >= 4 is 5.97 Å². The van der Waals surface area contributed by atoms with Gasteiger partial charge in [0.15, 0.2) is 0 Å². The second-order valence-electron chi connectivity index (χ2n) is 6.15. The van der Waals surface area contributed by atoms with E-state index in [2.05, 4.69) is 17.0 Å². The molecule has 2 aliphatic heterocycles. The van der Waals surface area contributed by atoms with Crippen LogP contribution in [-0.4, -0.2) is 35.7 Å². The molecule has 0 radical (unpaired) electrons. The number of nitrogens with zero attached hydrogens (tertiary/aromatic N) is 1. The number of likely N-dealkylation sites (tertiary alicyclic amines) is 1. The molecule has 21 heavy (non-hydrogen) atoms. The van der Waals surface area contributed by atoms with Gasteiger partial charge in [-0.25, -0.2) is 0 Å². The summed E-state index contributed by atoms with van der Waals surface area (Å²) < 4.78 is 5.80. The maximum Gasteiger partial charge on any atom is 0.305 e. The molecule has 0 aliphatic carbocycles. The molecule has 2 aliphatic rings. The SMILES string of the molecule is O=C(O)CC1(N2CCCCCC2)COCc2ccccc21. The van der Waals surface area contributed by atoms with Crippen molar-refractivity contribution in [2.24, 2.45) is 0 Å². The van der Waals surface area contributed by atoms with Crippen LogP contribution in [0.15, 0.2) is 24.3 Å². The van der Waals surface area contributed by atoms with Crippen molar-refractivity contribution in [3.63, 3.8) is 0 Å². The molecule has 0 aromatic heterocycles. The van der Waals surface area contributed by atoms with Crippen molar-refractivity contribution < 1.29 is 14.6 Å². The third-order valence-electron chi connectivity index (χ3n) is 4.77. The van der Waals surface area contributed by atoms with Crippen molar-refractivity contribution in [1.82, 2.24) is 4.90 Å². The Morgan fingerprint density at radius 2 is 1.90 bits per heavy atom. The van der Waals surface area contributed by atoms with E-state index in [1.807, 2.05) is 12.1 Å². The predicted molar refractivity (Wildman–Crippen MR) is 80.1 cm³/mol. The standard InChI is InChI=1S/C17H23NO3/c19-16(20)11-17(18-9-5-1-2-6-10-18)13-21-12-14-7-3-4-8-15(14)17/h3-4,7-8H,1-2,5-6,9-13H2,(H,19,20). The zero-order valence-electron chi connectivity index (χ0n) is 12.4. The van der Waals surface area contributed by atoms with Gasteiger partial charge in [0, 0.05) is 0 Å². The Labute approximate surface area is 125 Å². The zero-order chi connectivity index (χ0) is 14.7. The van der Waals surface area contributed by atoms with Crippen molar-refractivity contribution in [2.45, 2.75) is 44.2 Å². The van der Waals surface area contributed by atoms with Gasteiger partial charge >= 0.3 is 5.97 Å². The van der Waals surface area contributed by atoms with Gasteiger partial charge in [-0.15, -0.1) is 0 Å². The minimum absolute atomic E-state index is 0.115. The van der Waals surface area contributed by atoms with Crippen LogP contribution >= 0.6 is 0 Å². The lowest BCUT2D eigenvalue weighted by Gasteiger charge is -2.46. The summed E-state index contributed by atoms with van der Waals surface area (Å²) in [6.07, 6.45) is 4.88. The van der Waals surface area contributed by atoms with Crippen LogP contribution in [0.3, 0.4) is 0 Å². The molecule has 1 atom stereocenters. The first-order valence-electron chi connectivity index (χ1n) is 7.85. The van der Waals surface area contributed by atoms with E-state index >= 15 is 0 Å². The Morgan fingerprint density at radius 3 is 2.62 bits per heavy atom. The van der Waals surface area contributed by atoms with Crippen molar-refractivity contribution in [3.8, 4) is 0 Å². The first-order valence-corrected chi connectivity index (χ1v) is 7.85. The number of fused-ring (bicyclic) bond motifs is 1. The van der Waals surface area contributed by atoms with E-state index in [-0.39, 0.29) is 6.42 Å². The van der Waals surface area contributed by atoms with Crippen LogP contribution in [-0.2, 0) is 21.7 Å². The Kier molecular flexibility index (Phi) is 4.27. The monoisotopic (exact) mass is 289 g/mol. The molecule has 3 rings (SSSR count). The fraction of sp³-hybridized carbons (Fsp3) is 0.588. The van der Waals surface area contributed by atoms with Crippen LogP contribution in [0.25, 0.3) is 0 Å². The summed E-state index contributed by atoms with van der Waals surface area (Å²) in [6.45, 7) is 3.00. The van der Waals surface area contributed by atoms with Crippen LogP contribution in [0.4, 0.5) is 0 Å². The highest BCUT2D eigenvalue weighted by Gasteiger charge is 2.44. The molecule has 1 fully saturated rings. The normalized spacial score (nSPS) is 26.9. The van der Waals surface area contributed by atoms with Crippen LogP contribution in [0.5, 0.6) is 0 Å². The molecule has 2 heterocycles. The predicted octanol–water partition coefficient (Wildman–Crippen LogP) is 2.76. The largest absolute Gasteiger partial charge is 0.481 e. The lowest BCUT2D eigenvalue weighted by Crippen LogP contribution is -2.53. The minimum atomic E-state index is -0.750. The summed E-state index contributed by atoms with van der Waals surface area (Å²) >= 11 is 0. The Balaban J connectivity index is 2.03. The number of benzene rings is 1. The Morgan fingerprint density at radius 1 is 1.19 bits per heavy atom. The van der Waals surface area contributed by atoms with Gasteiger partial charge in [-0.05, 0) is 37.1 Å². The third kappa shape index (κ3) is 2.83. The third-order valence-corrected chi connectivity index (χ3v) is 4.77. The average molecular weight is 289 g/mol. The summed E-state index contributed by atoms with van der Waals surface area (Å²) in [7, 11) is 0. The molecule has 1 N–H and O–H groups in total. The number of aliphatic carboxylic acids is 1. The van der Waals surface area contributed by atoms with Crippen molar-refractivity contribution in [3.05, 3.63) is 35.4 Å². The van der Waals surface area contributed by atoms with E-state index in [0.29, 0.717) is 13.2 Å². The van der Waals surface area contributed by atoms with E-state index < -0.39 is 11.5 Å². The van der Waals surface area contributed by atoms with Gasteiger partial charge in [0.1, 0.15) is 0 Å². The fourth-order valence-corrected chi connectivity index (χ4v) is 3.78. The van der Waals surface area contributed by atoms with Gasteiger partial charge in [0.25, 0.3) is 0 Å². The highest BCUT2D eigenvalue weighted by Crippen LogP contribution is 2.39. The lowest BCUT2D eigenvalue weighted by atomic mass is 9.81. The smallest absolute Gasteiger partial charge is 0.305 e. The van der Waals surface area contributed by atoms with E-state index in [9.17, 15) is 9.90 Å². The topological polar surface area (TPSA) is 49.8 Å². The molecular formula is C17H23NO3. The van der Waals surface area contributed by atoms with Gasteiger partial charge < -0.3 is 9.84 Å². The quantitative estimate of drug-likeness (QED) is 0.929. The Hall–Kier alpha value is -1.39. The van der Waals surface area contributed by atoms with Crippen LogP contribution in [0, 0.1) is 0 Å². The molecule has 1 aromatic carbocycles. The van der Waals surface area contributed by atoms with E-state index in [1.54, 1.807) is 0 Å². The summed E-state index contributed by atoms with van der Waals surface area (Å²) in [6, 6.07) is 8.16. The molecular weight excluding hydrogens is 266 g/mol. The number of ether oxygens (including phenoxy) is 1. The molecule has 0 spiro atoms. The van der Waals surface area contributed by atoms with Gasteiger partial charge in [0.05, 0.1) is 25.2 Å². The molecule has 4 heteroatoms. The Bertz CT molecular complexity index is 509. The zero-order valence-corrected chi connectivity index (χ0v) is 12.4. The van der Waals surface area contributed by atoms with Gasteiger partial charge in [-0.2, -0.15) is 0 Å². The van der Waals surface area contributed by atoms with E-state index in [1.165, 1.54) is 12.8 Å². The number of hydrogen-bond acceptors (Lipinski definition) is 3. The fourth-order valence-electron chi connectivity index (χ4n) is 3.78. The molecule has 1 aromatic rings. The van der Waals surface area contributed by atoms with Crippen LogP contribution in [0.2, 0.25) is 0 Å². The number of carbonyl (C=O) groups is 1. The van der Waals surface area contributed by atoms with Crippen molar-refractivity contribution in [2.75, 3.05) is 19.7 Å². The first kappa shape index (κ1) is 14.5. The number of hydrogen-bond donors (Lipinski definition) is 1.